The number of nitrogens with zero attached hydrogens (tertiary/aromatic N) is 1. The largest absolute Gasteiger partial charge is 1.00 e. The van der Waals surface area contributed by atoms with Crippen molar-refractivity contribution in [1.82, 2.24) is 0 Å². The lowest BCUT2D eigenvalue weighted by molar-refractivity contribution is 0.307. The second-order valence-electron chi connectivity index (χ2n) is 0.271. The molecule has 0 radical (unpaired) electrons. The van der Waals surface area contributed by atoms with Crippen LogP contribution in [-0.4, -0.2) is 11.8 Å². The third-order valence-corrected chi connectivity index (χ3v) is 0.0577. The van der Waals surface area contributed by atoms with Gasteiger partial charge in [0.15, 0.2) is 6.73 Å². The average Bonchev–Trinajstić information content (AvgIpc) is 1.37. The molecule has 24 valence electrons. The van der Waals surface area contributed by atoms with E-state index in [1.165, 1.54) is 0 Å². The Balaban J connectivity index is 0. The Labute approximate surface area is 24.7 Å². The van der Waals surface area contributed by atoms with E-state index in [1.807, 2.05) is 5.18 Å². The summed E-state index contributed by atoms with van der Waals surface area (Å²) < 4.78 is 0. The van der Waals surface area contributed by atoms with Gasteiger partial charge in [0, 0.05) is 0 Å². The standard InChI is InChI=1S/CH3NO2/c3-1-2-4/h3H,1H2/p+1. The van der Waals surface area contributed by atoms with Crippen molar-refractivity contribution in [2.75, 3.05) is 6.73 Å². The van der Waals surface area contributed by atoms with Crippen molar-refractivity contribution in [3.05, 3.63) is 4.91 Å². The quantitative estimate of drug-likeness (QED) is 0.428. The van der Waals surface area contributed by atoms with Gasteiger partial charge in [-0.25, -0.2) is 0 Å². The van der Waals surface area contributed by atoms with Gasteiger partial charge in [0.2, 0.25) is 0 Å². The average molecular weight is 62.0 g/mol. The first-order valence-corrected chi connectivity index (χ1v) is 0.815. The molecule has 0 saturated carbocycles. The van der Waals surface area contributed by atoms with E-state index in [0.29, 0.717) is 0 Å². The Hall–Kier alpha value is -0.440. The maximum Gasteiger partial charge on any atom is 1.00 e. The highest BCUT2D eigenvalue weighted by Gasteiger charge is 1.51. The molecule has 1 N–H and O–H groups in total. The van der Waals surface area contributed by atoms with Crippen molar-refractivity contribution in [3.63, 3.8) is 0 Å². The molecule has 0 aromatic heterocycles. The monoisotopic (exact) mass is 62.0 g/mol. The minimum atomic E-state index is -0.611. The van der Waals surface area contributed by atoms with Gasteiger partial charge in [-0.3, -0.25) is 0 Å². The van der Waals surface area contributed by atoms with Gasteiger partial charge in [-0.05, 0) is 5.18 Å². The third kappa shape index (κ3) is 1.56. The topological polar surface area (TPSA) is 49.7 Å². The van der Waals surface area contributed by atoms with Crippen molar-refractivity contribution in [3.8, 4) is 0 Å². The Morgan fingerprint density at radius 2 is 2.50 bits per heavy atom. The summed E-state index contributed by atoms with van der Waals surface area (Å²) in [5.74, 6) is 0. The molecule has 0 aromatic rings. The maximum absolute atomic E-state index is 8.67. The highest BCUT2D eigenvalue weighted by molar-refractivity contribution is 4.09. The predicted octanol–water partition coefficient (Wildman–Crippen LogP) is -0.185. The first-order chi connectivity index (χ1) is 1.91. The molecule has 0 heterocycles. The molecule has 0 amide bonds. The number of aliphatic hydroxyl groups excluding tert-OH is 1. The van der Waals surface area contributed by atoms with Crippen LogP contribution in [0, 0.1) is 4.91 Å². The zero-order chi connectivity index (χ0) is 3.41. The fourth-order valence-electron chi connectivity index (χ4n) is 0. The van der Waals surface area contributed by atoms with E-state index in [2.05, 4.69) is 0 Å². The van der Waals surface area contributed by atoms with E-state index in [1.54, 1.807) is 0 Å². The summed E-state index contributed by atoms with van der Waals surface area (Å²) in [6.45, 7) is -0.611. The van der Waals surface area contributed by atoms with Gasteiger partial charge in [0.25, 0.3) is 0 Å². The van der Waals surface area contributed by atoms with Crippen LogP contribution in [-0.2, 0) is 0 Å². The molecule has 0 aliphatic heterocycles. The molecule has 4 heavy (non-hydrogen) atoms. The predicted molar refractivity (Wildman–Crippen MR) is 14.0 cm³/mol. The Kier molecular flexibility index (Phi) is 2.28. The summed E-state index contributed by atoms with van der Waals surface area (Å²) in [5, 5.41) is 9.44. The minimum absolute atomic E-state index is 0. The first kappa shape index (κ1) is 3.56. The van der Waals surface area contributed by atoms with E-state index in [-0.39, 0.29) is 1.43 Å². The zero-order valence-corrected chi connectivity index (χ0v) is 2.01. The summed E-state index contributed by atoms with van der Waals surface area (Å²) in [6, 6.07) is 0. The van der Waals surface area contributed by atoms with E-state index in [9.17, 15) is 0 Å². The van der Waals surface area contributed by atoms with Gasteiger partial charge in [0.1, 0.15) is 0 Å². The normalized spacial score (nSPS) is 6.25. The second kappa shape index (κ2) is 2.56. The van der Waals surface area contributed by atoms with Crippen LogP contribution in [0.5, 0.6) is 0 Å². The molecule has 0 spiro atoms. The molecule has 0 unspecified atom stereocenters. The third-order valence-electron chi connectivity index (χ3n) is 0.0577. The summed E-state index contributed by atoms with van der Waals surface area (Å²) in [6.07, 6.45) is 0. The molecule has 0 aliphatic carbocycles. The van der Waals surface area contributed by atoms with Crippen LogP contribution in [0.4, 0.5) is 0 Å². The highest BCUT2D eigenvalue weighted by atomic mass is 16.3. The Morgan fingerprint density at radius 1 is 2.25 bits per heavy atom. The van der Waals surface area contributed by atoms with Crippen LogP contribution in [0.15, 0.2) is 5.18 Å². The second-order valence-corrected chi connectivity index (χ2v) is 0.271. The van der Waals surface area contributed by atoms with Gasteiger partial charge in [-0.1, -0.05) is 0 Å². The summed E-state index contributed by atoms with van der Waals surface area (Å²) in [4.78, 5) is 8.67. The highest BCUT2D eigenvalue weighted by Crippen LogP contribution is 1.46. The van der Waals surface area contributed by atoms with Crippen molar-refractivity contribution in [1.29, 1.82) is 0 Å². The molecule has 3 heteroatoms. The number of hydrogen-bond donors (Lipinski definition) is 1. The van der Waals surface area contributed by atoms with Crippen LogP contribution in [0.2, 0.25) is 0 Å². The zero-order valence-electron chi connectivity index (χ0n) is 3.01. The van der Waals surface area contributed by atoms with E-state index < -0.39 is 6.73 Å². The van der Waals surface area contributed by atoms with Gasteiger partial charge >= 0.3 is 1.43 Å². The SMILES string of the molecule is O=NCO.[H+]. The van der Waals surface area contributed by atoms with Crippen LogP contribution in [0.3, 0.4) is 0 Å². The summed E-state index contributed by atoms with van der Waals surface area (Å²) >= 11 is 0. The van der Waals surface area contributed by atoms with E-state index in [0.717, 1.165) is 0 Å². The molecular formula is CH4NO2+. The molecule has 0 bridgehead atoms. The number of rotatable bonds is 1. The molecule has 0 atom stereocenters. The number of aliphatic hydroxyl groups is 1. The Morgan fingerprint density at radius 3 is 2.50 bits per heavy atom. The van der Waals surface area contributed by atoms with Gasteiger partial charge < -0.3 is 5.11 Å². The number of hydrogen-bond acceptors (Lipinski definition) is 3. The van der Waals surface area contributed by atoms with Crippen LogP contribution < -0.4 is 0 Å². The van der Waals surface area contributed by atoms with Crippen molar-refractivity contribution in [2.24, 2.45) is 5.18 Å². The lowest BCUT2D eigenvalue weighted by Gasteiger charge is -1.55. The lowest BCUT2D eigenvalue weighted by atomic mass is 11.4. The molecular weight excluding hydrogens is 58.0 g/mol. The van der Waals surface area contributed by atoms with Gasteiger partial charge in [0.05, 0.1) is 0 Å². The molecule has 0 rings (SSSR count). The maximum atomic E-state index is 8.67. The summed E-state index contributed by atoms with van der Waals surface area (Å²) in [7, 11) is 0. The lowest BCUT2D eigenvalue weighted by Crippen LogP contribution is -1.62. The fourth-order valence-corrected chi connectivity index (χ4v) is 0. The molecule has 0 aliphatic rings. The smallest absolute Gasteiger partial charge is 0.371 e. The summed E-state index contributed by atoms with van der Waals surface area (Å²) in [5.41, 5.74) is 0. The fraction of sp³-hybridized carbons (Fsp3) is 1.00. The van der Waals surface area contributed by atoms with Crippen LogP contribution in [0.1, 0.15) is 1.43 Å². The minimum Gasteiger partial charge on any atom is -0.371 e. The van der Waals surface area contributed by atoms with Gasteiger partial charge in [-0.2, -0.15) is 0 Å². The van der Waals surface area contributed by atoms with Crippen molar-refractivity contribution >= 4 is 0 Å². The van der Waals surface area contributed by atoms with Crippen molar-refractivity contribution in [2.45, 2.75) is 0 Å². The van der Waals surface area contributed by atoms with Crippen molar-refractivity contribution < 1.29 is 6.53 Å². The molecule has 0 aromatic carbocycles. The molecule has 3 nitrogen and oxygen atoms in total. The van der Waals surface area contributed by atoms with E-state index >= 15 is 0 Å². The molecule has 0 saturated heterocycles. The number of nitroso groups, excluding NO2 is 1. The van der Waals surface area contributed by atoms with E-state index in [4.69, 9.17) is 10.0 Å². The van der Waals surface area contributed by atoms with Crippen LogP contribution in [0.25, 0.3) is 0 Å². The van der Waals surface area contributed by atoms with Gasteiger partial charge in [-0.15, -0.1) is 4.91 Å². The van der Waals surface area contributed by atoms with Crippen LogP contribution >= 0.6 is 0 Å². The molecule has 0 fully saturated rings. The Bertz CT molecular complexity index is 23.6. The first-order valence-electron chi connectivity index (χ1n) is 0.815.